The average Bonchev–Trinajstić information content (AvgIpc) is 2.41. The quantitative estimate of drug-likeness (QED) is 0.697. The first-order valence-corrected chi connectivity index (χ1v) is 6.66. The van der Waals surface area contributed by atoms with Crippen molar-refractivity contribution in [2.75, 3.05) is 18.5 Å². The predicted molar refractivity (Wildman–Crippen MR) is 75.4 cm³/mol. The fourth-order valence-corrected chi connectivity index (χ4v) is 2.93. The van der Waals surface area contributed by atoms with Crippen molar-refractivity contribution in [3.8, 4) is 0 Å². The Bertz CT molecular complexity index is 349. The molecule has 0 atom stereocenters. The monoisotopic (exact) mass is 229 g/mol. The van der Waals surface area contributed by atoms with Crippen LogP contribution in [0, 0.1) is 5.41 Å². The minimum Gasteiger partial charge on any atom is -0.374 e. The SMILES string of the molecule is C=CC1(CN(C)c2ccccc2)CCCCC1. The molecule has 0 radical (unpaired) electrons. The highest BCUT2D eigenvalue weighted by Crippen LogP contribution is 2.38. The van der Waals surface area contributed by atoms with Crippen LogP contribution in [0.2, 0.25) is 0 Å². The zero-order chi connectivity index (χ0) is 12.1. The van der Waals surface area contributed by atoms with Gasteiger partial charge in [0, 0.05) is 24.7 Å². The molecule has 1 heteroatoms. The van der Waals surface area contributed by atoms with Gasteiger partial charge >= 0.3 is 0 Å². The summed E-state index contributed by atoms with van der Waals surface area (Å²) >= 11 is 0. The Kier molecular flexibility index (Phi) is 3.88. The summed E-state index contributed by atoms with van der Waals surface area (Å²) < 4.78 is 0. The lowest BCUT2D eigenvalue weighted by molar-refractivity contribution is 0.264. The zero-order valence-electron chi connectivity index (χ0n) is 10.9. The van der Waals surface area contributed by atoms with E-state index in [0.29, 0.717) is 5.41 Å². The second-order valence-electron chi connectivity index (χ2n) is 5.32. The summed E-state index contributed by atoms with van der Waals surface area (Å²) in [5.74, 6) is 0. The molecular weight excluding hydrogens is 206 g/mol. The Hall–Kier alpha value is -1.24. The van der Waals surface area contributed by atoms with E-state index in [4.69, 9.17) is 0 Å². The topological polar surface area (TPSA) is 3.24 Å². The van der Waals surface area contributed by atoms with Crippen molar-refractivity contribution in [3.05, 3.63) is 43.0 Å². The highest BCUT2D eigenvalue weighted by Gasteiger charge is 2.30. The van der Waals surface area contributed by atoms with Crippen molar-refractivity contribution in [1.29, 1.82) is 0 Å². The van der Waals surface area contributed by atoms with E-state index in [0.717, 1.165) is 6.54 Å². The van der Waals surface area contributed by atoms with Crippen LogP contribution in [0.4, 0.5) is 5.69 Å². The van der Waals surface area contributed by atoms with Crippen LogP contribution in [0.1, 0.15) is 32.1 Å². The molecule has 92 valence electrons. The standard InChI is InChI=1S/C16H23N/c1-3-16(12-8-5-9-13-16)14-17(2)15-10-6-4-7-11-15/h3-4,6-7,10-11H,1,5,8-9,12-14H2,2H3. The lowest BCUT2D eigenvalue weighted by Crippen LogP contribution is -2.35. The van der Waals surface area contributed by atoms with Crippen LogP contribution in [0.3, 0.4) is 0 Å². The molecule has 0 unspecified atom stereocenters. The molecular formula is C16H23N. The van der Waals surface area contributed by atoms with E-state index in [2.05, 4.69) is 54.9 Å². The molecule has 1 aromatic rings. The van der Waals surface area contributed by atoms with E-state index in [-0.39, 0.29) is 0 Å². The third kappa shape index (κ3) is 2.91. The molecule has 17 heavy (non-hydrogen) atoms. The molecule has 1 aliphatic carbocycles. The van der Waals surface area contributed by atoms with Crippen LogP contribution in [0.15, 0.2) is 43.0 Å². The van der Waals surface area contributed by atoms with E-state index in [1.165, 1.54) is 37.8 Å². The maximum absolute atomic E-state index is 4.08. The first-order valence-electron chi connectivity index (χ1n) is 6.66. The van der Waals surface area contributed by atoms with Crippen molar-refractivity contribution in [2.24, 2.45) is 5.41 Å². The third-order valence-corrected chi connectivity index (χ3v) is 4.03. The van der Waals surface area contributed by atoms with Crippen molar-refractivity contribution >= 4 is 5.69 Å². The lowest BCUT2D eigenvalue weighted by Gasteiger charge is -2.38. The van der Waals surface area contributed by atoms with Crippen LogP contribution in [0.5, 0.6) is 0 Å². The van der Waals surface area contributed by atoms with Gasteiger partial charge in [0.15, 0.2) is 0 Å². The summed E-state index contributed by atoms with van der Waals surface area (Å²) in [6.07, 6.45) is 8.90. The van der Waals surface area contributed by atoms with Gasteiger partial charge in [0.05, 0.1) is 0 Å². The number of anilines is 1. The Morgan fingerprint density at radius 1 is 1.18 bits per heavy atom. The molecule has 1 aliphatic rings. The Balaban J connectivity index is 2.06. The van der Waals surface area contributed by atoms with E-state index in [1.54, 1.807) is 0 Å². The normalized spacial score (nSPS) is 18.6. The molecule has 1 saturated carbocycles. The molecule has 0 spiro atoms. The lowest BCUT2D eigenvalue weighted by atomic mass is 9.74. The Morgan fingerprint density at radius 2 is 1.82 bits per heavy atom. The van der Waals surface area contributed by atoms with E-state index in [9.17, 15) is 0 Å². The smallest absolute Gasteiger partial charge is 0.0363 e. The second kappa shape index (κ2) is 5.39. The number of hydrogen-bond acceptors (Lipinski definition) is 1. The second-order valence-corrected chi connectivity index (χ2v) is 5.32. The van der Waals surface area contributed by atoms with E-state index < -0.39 is 0 Å². The molecule has 0 amide bonds. The largest absolute Gasteiger partial charge is 0.374 e. The highest BCUT2D eigenvalue weighted by molar-refractivity contribution is 5.45. The van der Waals surface area contributed by atoms with E-state index in [1.807, 2.05) is 0 Å². The van der Waals surface area contributed by atoms with Gasteiger partial charge in [-0.3, -0.25) is 0 Å². The fourth-order valence-electron chi connectivity index (χ4n) is 2.93. The Labute approximate surface area is 105 Å². The molecule has 0 saturated heterocycles. The van der Waals surface area contributed by atoms with Gasteiger partial charge in [-0.05, 0) is 25.0 Å². The van der Waals surface area contributed by atoms with Gasteiger partial charge in [-0.15, -0.1) is 6.58 Å². The van der Waals surface area contributed by atoms with Crippen molar-refractivity contribution in [1.82, 2.24) is 0 Å². The number of benzene rings is 1. The highest BCUT2D eigenvalue weighted by atomic mass is 15.1. The summed E-state index contributed by atoms with van der Waals surface area (Å²) in [4.78, 5) is 2.37. The van der Waals surface area contributed by atoms with E-state index >= 15 is 0 Å². The number of hydrogen-bond donors (Lipinski definition) is 0. The number of nitrogens with zero attached hydrogens (tertiary/aromatic N) is 1. The molecule has 1 fully saturated rings. The van der Waals surface area contributed by atoms with Gasteiger partial charge < -0.3 is 4.90 Å². The third-order valence-electron chi connectivity index (χ3n) is 4.03. The first-order chi connectivity index (χ1) is 8.26. The number of para-hydroxylation sites is 1. The maximum atomic E-state index is 4.08. The van der Waals surface area contributed by atoms with Crippen molar-refractivity contribution < 1.29 is 0 Å². The summed E-state index contributed by atoms with van der Waals surface area (Å²) in [6, 6.07) is 10.6. The zero-order valence-corrected chi connectivity index (χ0v) is 10.9. The minimum atomic E-state index is 0.336. The number of rotatable bonds is 4. The van der Waals surface area contributed by atoms with Crippen LogP contribution in [-0.2, 0) is 0 Å². The summed E-state index contributed by atoms with van der Waals surface area (Å²) in [6.45, 7) is 5.17. The molecule has 1 nitrogen and oxygen atoms in total. The van der Waals surface area contributed by atoms with Crippen LogP contribution >= 0.6 is 0 Å². The summed E-state index contributed by atoms with van der Waals surface area (Å²) in [5, 5.41) is 0. The average molecular weight is 229 g/mol. The van der Waals surface area contributed by atoms with Gasteiger partial charge in [-0.2, -0.15) is 0 Å². The van der Waals surface area contributed by atoms with Gasteiger partial charge in [0.1, 0.15) is 0 Å². The summed E-state index contributed by atoms with van der Waals surface area (Å²) in [7, 11) is 2.19. The van der Waals surface area contributed by atoms with Gasteiger partial charge in [-0.25, -0.2) is 0 Å². The Morgan fingerprint density at radius 3 is 2.41 bits per heavy atom. The molecule has 2 rings (SSSR count). The first kappa shape index (κ1) is 12.2. The van der Waals surface area contributed by atoms with Crippen molar-refractivity contribution in [2.45, 2.75) is 32.1 Å². The molecule has 0 heterocycles. The molecule has 0 aromatic heterocycles. The predicted octanol–water partition coefficient (Wildman–Crippen LogP) is 4.26. The van der Waals surface area contributed by atoms with Gasteiger partial charge in [-0.1, -0.05) is 43.5 Å². The van der Waals surface area contributed by atoms with Crippen LogP contribution in [0.25, 0.3) is 0 Å². The molecule has 1 aromatic carbocycles. The van der Waals surface area contributed by atoms with Gasteiger partial charge in [0.2, 0.25) is 0 Å². The van der Waals surface area contributed by atoms with Crippen LogP contribution in [-0.4, -0.2) is 13.6 Å². The summed E-state index contributed by atoms with van der Waals surface area (Å²) in [5.41, 5.74) is 1.64. The minimum absolute atomic E-state index is 0.336. The molecule has 0 bridgehead atoms. The fraction of sp³-hybridized carbons (Fsp3) is 0.500. The van der Waals surface area contributed by atoms with Crippen molar-refractivity contribution in [3.63, 3.8) is 0 Å². The van der Waals surface area contributed by atoms with Crippen LogP contribution < -0.4 is 4.90 Å². The molecule has 0 N–H and O–H groups in total. The van der Waals surface area contributed by atoms with Gasteiger partial charge in [0.25, 0.3) is 0 Å². The maximum Gasteiger partial charge on any atom is 0.0363 e. The molecule has 0 aliphatic heterocycles.